The maximum atomic E-state index is 13.0. The second-order valence-electron chi connectivity index (χ2n) is 7.57. The van der Waals surface area contributed by atoms with Crippen molar-refractivity contribution in [2.75, 3.05) is 5.32 Å². The Kier molecular flexibility index (Phi) is 7.84. The van der Waals surface area contributed by atoms with Crippen molar-refractivity contribution in [2.45, 2.75) is 23.9 Å². The third-order valence-corrected chi connectivity index (χ3v) is 8.56. The molecule has 10 heteroatoms. The lowest BCUT2D eigenvalue weighted by atomic mass is 9.99. The standard InChI is InChI=1S/C23H24NO7PS/c25-23(18-11-5-2-6-12-18)20-13-7-8-14-21(20)24-19(15-17-9-3-1-4-10-17)16-22(32(26,27)28)33(29,30)31/h1-14,19,22,24H,15-16H2,(H2,26,27,28)(H,29,30,31). The van der Waals surface area contributed by atoms with E-state index in [0.717, 1.165) is 5.56 Å². The van der Waals surface area contributed by atoms with E-state index in [0.29, 0.717) is 16.8 Å². The quantitative estimate of drug-likeness (QED) is 0.192. The summed E-state index contributed by atoms with van der Waals surface area (Å²) in [4.78, 5) is 29.9. The lowest BCUT2D eigenvalue weighted by Crippen LogP contribution is -2.32. The van der Waals surface area contributed by atoms with Gasteiger partial charge in [0, 0.05) is 22.9 Å². The summed E-state index contributed by atoms with van der Waals surface area (Å²) in [6.45, 7) is 0. The molecule has 2 unspecified atom stereocenters. The van der Waals surface area contributed by atoms with E-state index in [9.17, 15) is 32.1 Å². The first kappa shape index (κ1) is 24.8. The molecule has 0 aliphatic rings. The van der Waals surface area contributed by atoms with Crippen LogP contribution in [0, 0.1) is 0 Å². The van der Waals surface area contributed by atoms with Crippen molar-refractivity contribution < 1.29 is 32.1 Å². The molecule has 0 aliphatic carbocycles. The first-order valence-corrected chi connectivity index (χ1v) is 13.2. The third-order valence-electron chi connectivity index (χ3n) is 5.10. The van der Waals surface area contributed by atoms with Gasteiger partial charge in [0.25, 0.3) is 10.1 Å². The zero-order chi connectivity index (χ0) is 24.1. The second-order valence-corrected chi connectivity index (χ2v) is 11.3. The highest BCUT2D eigenvalue weighted by Gasteiger charge is 2.41. The molecule has 3 rings (SSSR count). The van der Waals surface area contributed by atoms with Gasteiger partial charge in [0.05, 0.1) is 0 Å². The maximum Gasteiger partial charge on any atom is 0.346 e. The number of hydrogen-bond donors (Lipinski definition) is 4. The molecule has 0 radical (unpaired) electrons. The number of hydrogen-bond acceptors (Lipinski definition) is 5. The van der Waals surface area contributed by atoms with Crippen LogP contribution >= 0.6 is 7.60 Å². The van der Waals surface area contributed by atoms with Crippen LogP contribution in [-0.4, -0.2) is 39.6 Å². The number of nitrogens with one attached hydrogen (secondary N) is 1. The van der Waals surface area contributed by atoms with Crippen molar-refractivity contribution in [3.8, 4) is 0 Å². The molecule has 0 heterocycles. The average Bonchev–Trinajstić information content (AvgIpc) is 2.77. The van der Waals surface area contributed by atoms with Gasteiger partial charge in [-0.25, -0.2) is 0 Å². The smallest absolute Gasteiger partial charge is 0.346 e. The molecule has 0 aromatic heterocycles. The number of ketones is 1. The van der Waals surface area contributed by atoms with Crippen molar-refractivity contribution in [2.24, 2.45) is 0 Å². The molecule has 8 nitrogen and oxygen atoms in total. The number of carbonyl (C=O) groups is 1. The van der Waals surface area contributed by atoms with Crippen LogP contribution in [-0.2, 0) is 21.1 Å². The highest BCUT2D eigenvalue weighted by molar-refractivity contribution is 7.93. The van der Waals surface area contributed by atoms with Crippen LogP contribution in [0.3, 0.4) is 0 Å². The summed E-state index contributed by atoms with van der Waals surface area (Å²) in [7, 11) is -10.2. The molecule has 2 atom stereocenters. The number of benzene rings is 3. The van der Waals surface area contributed by atoms with E-state index in [1.54, 1.807) is 84.9 Å². The number of rotatable bonds is 10. The molecule has 0 fully saturated rings. The van der Waals surface area contributed by atoms with Gasteiger partial charge in [-0.05, 0) is 30.5 Å². The molecule has 0 saturated heterocycles. The normalized spacial score (nSPS) is 13.8. The Morgan fingerprint density at radius 2 is 1.42 bits per heavy atom. The molecule has 3 aromatic rings. The number of para-hydroxylation sites is 1. The van der Waals surface area contributed by atoms with Crippen LogP contribution < -0.4 is 5.32 Å². The molecule has 0 amide bonds. The maximum absolute atomic E-state index is 13.0. The van der Waals surface area contributed by atoms with Crippen molar-refractivity contribution in [3.63, 3.8) is 0 Å². The van der Waals surface area contributed by atoms with Gasteiger partial charge in [-0.2, -0.15) is 8.42 Å². The van der Waals surface area contributed by atoms with Crippen molar-refractivity contribution in [3.05, 3.63) is 102 Å². The van der Waals surface area contributed by atoms with Gasteiger partial charge in [0.15, 0.2) is 10.8 Å². The van der Waals surface area contributed by atoms with Crippen LogP contribution in [0.25, 0.3) is 0 Å². The molecule has 174 valence electrons. The van der Waals surface area contributed by atoms with E-state index < -0.39 is 35.2 Å². The van der Waals surface area contributed by atoms with Gasteiger partial charge in [0.2, 0.25) is 0 Å². The Bertz CT molecular complexity index is 1240. The number of carbonyl (C=O) groups excluding carboxylic acids is 1. The van der Waals surface area contributed by atoms with E-state index in [1.807, 2.05) is 0 Å². The predicted octanol–water partition coefficient (Wildman–Crippen LogP) is 3.72. The van der Waals surface area contributed by atoms with E-state index in [4.69, 9.17) is 0 Å². The Morgan fingerprint density at radius 1 is 0.879 bits per heavy atom. The monoisotopic (exact) mass is 489 g/mol. The van der Waals surface area contributed by atoms with E-state index in [2.05, 4.69) is 5.32 Å². The highest BCUT2D eigenvalue weighted by Crippen LogP contribution is 2.46. The van der Waals surface area contributed by atoms with Gasteiger partial charge >= 0.3 is 7.60 Å². The topological polar surface area (TPSA) is 141 Å². The minimum atomic E-state index is -5.18. The van der Waals surface area contributed by atoms with Crippen LogP contribution in [0.15, 0.2) is 84.9 Å². The fourth-order valence-electron chi connectivity index (χ4n) is 3.54. The first-order chi connectivity index (χ1) is 15.6. The van der Waals surface area contributed by atoms with Gasteiger partial charge in [-0.3, -0.25) is 13.9 Å². The average molecular weight is 489 g/mol. The van der Waals surface area contributed by atoms with Gasteiger partial charge < -0.3 is 15.1 Å². The Hall–Kier alpha value is -2.81. The van der Waals surface area contributed by atoms with Crippen LogP contribution in [0.5, 0.6) is 0 Å². The Labute approximate surface area is 192 Å². The molecule has 33 heavy (non-hydrogen) atoms. The zero-order valence-corrected chi connectivity index (χ0v) is 19.2. The van der Waals surface area contributed by atoms with Crippen LogP contribution in [0.4, 0.5) is 5.69 Å². The third kappa shape index (κ3) is 6.83. The summed E-state index contributed by atoms with van der Waals surface area (Å²) in [5.74, 6) is -0.265. The summed E-state index contributed by atoms with van der Waals surface area (Å²) in [5.41, 5.74) is 1.94. The summed E-state index contributed by atoms with van der Waals surface area (Å²) in [5, 5.41) is 3.08. The van der Waals surface area contributed by atoms with Gasteiger partial charge in [0.1, 0.15) is 0 Å². The molecular weight excluding hydrogens is 465 g/mol. The Balaban J connectivity index is 1.97. The largest absolute Gasteiger partial charge is 0.381 e. The zero-order valence-electron chi connectivity index (χ0n) is 17.5. The molecule has 0 aliphatic heterocycles. The van der Waals surface area contributed by atoms with Gasteiger partial charge in [-0.15, -0.1) is 0 Å². The second kappa shape index (κ2) is 10.4. The fourth-order valence-corrected chi connectivity index (χ4v) is 5.93. The van der Waals surface area contributed by atoms with Crippen molar-refractivity contribution in [1.29, 1.82) is 0 Å². The summed E-state index contributed by atoms with van der Waals surface area (Å²) >= 11 is 0. The summed E-state index contributed by atoms with van der Waals surface area (Å²) in [6, 6.07) is 23.3. The SMILES string of the molecule is O=C(c1ccccc1)c1ccccc1NC(Cc1ccccc1)CC(P(=O)(O)O)S(=O)(=O)O. The minimum Gasteiger partial charge on any atom is -0.381 e. The lowest BCUT2D eigenvalue weighted by Gasteiger charge is -2.25. The van der Waals surface area contributed by atoms with Crippen molar-refractivity contribution >= 4 is 29.2 Å². The molecule has 0 bridgehead atoms. The van der Waals surface area contributed by atoms with Crippen LogP contribution in [0.1, 0.15) is 27.9 Å². The first-order valence-electron chi connectivity index (χ1n) is 10.1. The van der Waals surface area contributed by atoms with E-state index >= 15 is 0 Å². The molecular formula is C23H24NO7PS. The minimum absolute atomic E-state index is 0.195. The molecule has 0 spiro atoms. The summed E-state index contributed by atoms with van der Waals surface area (Å²) < 4.78 is 44.9. The highest BCUT2D eigenvalue weighted by atomic mass is 32.2. The molecule has 3 aromatic carbocycles. The Morgan fingerprint density at radius 3 is 2.00 bits per heavy atom. The van der Waals surface area contributed by atoms with Crippen LogP contribution in [0.2, 0.25) is 0 Å². The van der Waals surface area contributed by atoms with Gasteiger partial charge in [-0.1, -0.05) is 72.8 Å². The summed E-state index contributed by atoms with van der Waals surface area (Å²) in [6.07, 6.45) is -0.382. The number of anilines is 1. The fraction of sp³-hybridized carbons (Fsp3) is 0.174. The lowest BCUT2D eigenvalue weighted by molar-refractivity contribution is 0.103. The molecule has 0 saturated carbocycles. The van der Waals surface area contributed by atoms with E-state index in [1.165, 1.54) is 0 Å². The predicted molar refractivity (Wildman–Crippen MR) is 126 cm³/mol. The molecule has 4 N–H and O–H groups in total. The van der Waals surface area contributed by atoms with E-state index in [-0.39, 0.29) is 12.2 Å². The van der Waals surface area contributed by atoms with Crippen molar-refractivity contribution in [1.82, 2.24) is 0 Å².